The Hall–Kier alpha value is -1.36. The van der Waals surface area contributed by atoms with Crippen molar-refractivity contribution in [1.82, 2.24) is 14.8 Å². The third-order valence-corrected chi connectivity index (χ3v) is 3.53. The highest BCUT2D eigenvalue weighted by molar-refractivity contribution is 9.10. The van der Waals surface area contributed by atoms with Crippen LogP contribution in [0.4, 0.5) is 5.69 Å². The predicted octanol–water partition coefficient (Wildman–Crippen LogP) is 2.24. The Kier molecular flexibility index (Phi) is 2.21. The Bertz CT molecular complexity index is 547. The van der Waals surface area contributed by atoms with E-state index in [2.05, 4.69) is 30.7 Å². The van der Waals surface area contributed by atoms with Crippen LogP contribution in [0.2, 0.25) is 0 Å². The Balaban J connectivity index is 2.18. The number of rotatable bonds is 1. The maximum atomic E-state index is 5.80. The van der Waals surface area contributed by atoms with Crippen LogP contribution in [0.25, 0.3) is 11.4 Å². The number of benzene rings is 1. The molecule has 5 heteroatoms. The van der Waals surface area contributed by atoms with E-state index in [1.165, 1.54) is 0 Å². The van der Waals surface area contributed by atoms with E-state index in [9.17, 15) is 0 Å². The molecular formula is C11H11BrN4. The van der Waals surface area contributed by atoms with Crippen LogP contribution in [-0.4, -0.2) is 14.8 Å². The fourth-order valence-corrected chi connectivity index (χ4v) is 2.49. The van der Waals surface area contributed by atoms with Gasteiger partial charge >= 0.3 is 0 Å². The summed E-state index contributed by atoms with van der Waals surface area (Å²) in [5.41, 5.74) is 7.56. The lowest BCUT2D eigenvalue weighted by molar-refractivity contribution is 0.748. The Labute approximate surface area is 102 Å². The molecular weight excluding hydrogens is 268 g/mol. The van der Waals surface area contributed by atoms with Gasteiger partial charge in [0.05, 0.1) is 0 Å². The second-order valence-corrected chi connectivity index (χ2v) is 4.79. The highest BCUT2D eigenvalue weighted by Gasteiger charge is 2.19. The number of nitrogens with zero attached hydrogens (tertiary/aromatic N) is 3. The molecule has 2 heterocycles. The predicted molar refractivity (Wildman–Crippen MR) is 65.9 cm³/mol. The Morgan fingerprint density at radius 1 is 1.31 bits per heavy atom. The summed E-state index contributed by atoms with van der Waals surface area (Å²) in [4.78, 5) is 0. The Morgan fingerprint density at radius 2 is 2.19 bits per heavy atom. The summed E-state index contributed by atoms with van der Waals surface area (Å²) in [6, 6.07) is 5.75. The molecule has 1 aromatic carbocycles. The molecule has 0 radical (unpaired) electrons. The van der Waals surface area contributed by atoms with Gasteiger partial charge in [0.25, 0.3) is 0 Å². The quantitative estimate of drug-likeness (QED) is 0.814. The van der Waals surface area contributed by atoms with Gasteiger partial charge < -0.3 is 10.3 Å². The summed E-state index contributed by atoms with van der Waals surface area (Å²) in [6.45, 7) is 0.999. The fraction of sp³-hybridized carbons (Fsp3) is 0.273. The number of aromatic nitrogens is 3. The fourth-order valence-electron chi connectivity index (χ4n) is 2.06. The van der Waals surface area contributed by atoms with Crippen LogP contribution in [-0.2, 0) is 13.0 Å². The van der Waals surface area contributed by atoms with Gasteiger partial charge in [-0.2, -0.15) is 0 Å². The number of anilines is 1. The van der Waals surface area contributed by atoms with E-state index in [-0.39, 0.29) is 0 Å². The van der Waals surface area contributed by atoms with E-state index >= 15 is 0 Å². The maximum absolute atomic E-state index is 5.80. The van der Waals surface area contributed by atoms with Crippen LogP contribution in [0.15, 0.2) is 22.7 Å². The molecule has 0 aliphatic carbocycles. The zero-order valence-corrected chi connectivity index (χ0v) is 10.2. The van der Waals surface area contributed by atoms with Gasteiger partial charge in [-0.05, 0) is 24.6 Å². The molecule has 0 saturated carbocycles. The standard InChI is InChI=1S/C11H11BrN4/c12-9-4-3-7(13)6-8(9)11-15-14-10-2-1-5-16(10)11/h3-4,6H,1-2,5,13H2. The molecule has 0 unspecified atom stereocenters. The lowest BCUT2D eigenvalue weighted by atomic mass is 10.2. The summed E-state index contributed by atoms with van der Waals surface area (Å²) in [7, 11) is 0. The average molecular weight is 279 g/mol. The van der Waals surface area contributed by atoms with Gasteiger partial charge in [-0.25, -0.2) is 0 Å². The molecule has 0 amide bonds. The third kappa shape index (κ3) is 1.43. The molecule has 0 saturated heterocycles. The first-order valence-electron chi connectivity index (χ1n) is 5.23. The number of aryl methyl sites for hydroxylation is 1. The monoisotopic (exact) mass is 278 g/mol. The van der Waals surface area contributed by atoms with E-state index in [0.717, 1.165) is 46.8 Å². The molecule has 0 fully saturated rings. The molecule has 0 spiro atoms. The van der Waals surface area contributed by atoms with Gasteiger partial charge in [0.2, 0.25) is 0 Å². The van der Waals surface area contributed by atoms with Crippen LogP contribution in [0.1, 0.15) is 12.2 Å². The molecule has 4 nitrogen and oxygen atoms in total. The van der Waals surface area contributed by atoms with E-state index < -0.39 is 0 Å². The summed E-state index contributed by atoms with van der Waals surface area (Å²) < 4.78 is 3.17. The van der Waals surface area contributed by atoms with Crippen molar-refractivity contribution in [3.8, 4) is 11.4 Å². The molecule has 2 aromatic rings. The second kappa shape index (κ2) is 3.59. The molecule has 1 aliphatic heterocycles. The number of hydrogen-bond acceptors (Lipinski definition) is 3. The number of halogens is 1. The maximum Gasteiger partial charge on any atom is 0.165 e. The third-order valence-electron chi connectivity index (χ3n) is 2.84. The number of hydrogen-bond donors (Lipinski definition) is 1. The van der Waals surface area contributed by atoms with Gasteiger partial charge in [0, 0.05) is 28.7 Å². The van der Waals surface area contributed by atoms with Crippen molar-refractivity contribution < 1.29 is 0 Å². The van der Waals surface area contributed by atoms with Gasteiger partial charge in [-0.3, -0.25) is 0 Å². The smallest absolute Gasteiger partial charge is 0.165 e. The minimum Gasteiger partial charge on any atom is -0.399 e. The second-order valence-electron chi connectivity index (χ2n) is 3.93. The minimum atomic E-state index is 0.744. The largest absolute Gasteiger partial charge is 0.399 e. The van der Waals surface area contributed by atoms with Gasteiger partial charge in [0.1, 0.15) is 5.82 Å². The van der Waals surface area contributed by atoms with Crippen molar-refractivity contribution in [1.29, 1.82) is 0 Å². The summed E-state index contributed by atoms with van der Waals surface area (Å²) in [6.07, 6.45) is 2.17. The van der Waals surface area contributed by atoms with Crippen molar-refractivity contribution >= 4 is 21.6 Å². The van der Waals surface area contributed by atoms with Crippen LogP contribution in [0.5, 0.6) is 0 Å². The highest BCUT2D eigenvalue weighted by Crippen LogP contribution is 2.30. The van der Waals surface area contributed by atoms with Crippen molar-refractivity contribution in [2.45, 2.75) is 19.4 Å². The van der Waals surface area contributed by atoms with Crippen molar-refractivity contribution in [3.05, 3.63) is 28.5 Å². The van der Waals surface area contributed by atoms with Crippen LogP contribution in [0, 0.1) is 0 Å². The normalized spacial score (nSPS) is 14.1. The Morgan fingerprint density at radius 3 is 3.06 bits per heavy atom. The van der Waals surface area contributed by atoms with Crippen LogP contribution >= 0.6 is 15.9 Å². The molecule has 0 atom stereocenters. The van der Waals surface area contributed by atoms with Crippen molar-refractivity contribution in [2.24, 2.45) is 0 Å². The lowest BCUT2D eigenvalue weighted by Gasteiger charge is -2.06. The van der Waals surface area contributed by atoms with Crippen molar-refractivity contribution in [2.75, 3.05) is 5.73 Å². The zero-order valence-electron chi connectivity index (χ0n) is 8.65. The van der Waals surface area contributed by atoms with Gasteiger partial charge in [-0.1, -0.05) is 15.9 Å². The molecule has 1 aromatic heterocycles. The number of nitrogens with two attached hydrogens (primary N) is 1. The molecule has 0 bridgehead atoms. The number of nitrogen functional groups attached to an aromatic ring is 1. The summed E-state index contributed by atoms with van der Waals surface area (Å²) in [5.74, 6) is 1.98. The molecule has 2 N–H and O–H groups in total. The van der Waals surface area contributed by atoms with E-state index in [1.807, 2.05) is 18.2 Å². The average Bonchev–Trinajstić information content (AvgIpc) is 2.83. The topological polar surface area (TPSA) is 56.7 Å². The number of fused-ring (bicyclic) bond motifs is 1. The summed E-state index contributed by atoms with van der Waals surface area (Å²) >= 11 is 3.52. The van der Waals surface area contributed by atoms with Crippen molar-refractivity contribution in [3.63, 3.8) is 0 Å². The van der Waals surface area contributed by atoms with Crippen LogP contribution in [0.3, 0.4) is 0 Å². The SMILES string of the molecule is Nc1ccc(Br)c(-c2nnc3n2CCC3)c1. The highest BCUT2D eigenvalue weighted by atomic mass is 79.9. The molecule has 16 heavy (non-hydrogen) atoms. The first kappa shape index (κ1) is 9.84. The lowest BCUT2D eigenvalue weighted by Crippen LogP contribution is -1.97. The first-order chi connectivity index (χ1) is 7.75. The van der Waals surface area contributed by atoms with E-state index in [4.69, 9.17) is 5.73 Å². The first-order valence-corrected chi connectivity index (χ1v) is 6.02. The molecule has 82 valence electrons. The van der Waals surface area contributed by atoms with Gasteiger partial charge in [0.15, 0.2) is 5.82 Å². The van der Waals surface area contributed by atoms with Crippen LogP contribution < -0.4 is 5.73 Å². The van der Waals surface area contributed by atoms with E-state index in [0.29, 0.717) is 0 Å². The zero-order chi connectivity index (χ0) is 11.1. The van der Waals surface area contributed by atoms with E-state index in [1.54, 1.807) is 0 Å². The molecule has 1 aliphatic rings. The van der Waals surface area contributed by atoms with Gasteiger partial charge in [-0.15, -0.1) is 10.2 Å². The molecule has 3 rings (SSSR count). The minimum absolute atomic E-state index is 0.744. The summed E-state index contributed by atoms with van der Waals surface area (Å²) in [5, 5.41) is 8.43.